The summed E-state index contributed by atoms with van der Waals surface area (Å²) in [5, 5.41) is 12.9. The summed E-state index contributed by atoms with van der Waals surface area (Å²) in [6.07, 6.45) is -0.701. The maximum absolute atomic E-state index is 12.3. The first kappa shape index (κ1) is 15.6. The summed E-state index contributed by atoms with van der Waals surface area (Å²) in [6.45, 7) is 3.79. The van der Waals surface area contributed by atoms with Crippen LogP contribution in [0.15, 0.2) is 34.9 Å². The lowest BCUT2D eigenvalue weighted by Crippen LogP contribution is -2.37. The summed E-state index contributed by atoms with van der Waals surface area (Å²) >= 11 is 0. The first-order chi connectivity index (χ1) is 10.5. The molecule has 2 aromatic rings. The van der Waals surface area contributed by atoms with Gasteiger partial charge in [0.25, 0.3) is 5.91 Å². The van der Waals surface area contributed by atoms with Crippen molar-refractivity contribution in [3.63, 3.8) is 0 Å². The zero-order valence-corrected chi connectivity index (χ0v) is 12.7. The van der Waals surface area contributed by atoms with Gasteiger partial charge in [-0.2, -0.15) is 5.26 Å². The molecule has 1 atom stereocenters. The van der Waals surface area contributed by atoms with E-state index in [1.807, 2.05) is 6.07 Å². The number of likely N-dealkylation sites (N-methyl/N-ethyl adjacent to an activating group) is 1. The van der Waals surface area contributed by atoms with Gasteiger partial charge in [-0.05, 0) is 26.0 Å². The molecule has 2 rings (SSSR count). The quantitative estimate of drug-likeness (QED) is 0.846. The maximum Gasteiger partial charge on any atom is 0.263 e. The van der Waals surface area contributed by atoms with Crippen molar-refractivity contribution in [3.8, 4) is 11.8 Å². The fourth-order valence-electron chi connectivity index (χ4n) is 2.03. The van der Waals surface area contributed by atoms with Crippen molar-refractivity contribution < 1.29 is 14.1 Å². The molecule has 6 nitrogen and oxygen atoms in total. The number of ether oxygens (including phenoxy) is 1. The molecule has 1 heterocycles. The third-order valence-electron chi connectivity index (χ3n) is 3.11. The van der Waals surface area contributed by atoms with Crippen LogP contribution in [0.5, 0.6) is 5.75 Å². The fraction of sp³-hybridized carbons (Fsp3) is 0.312. The summed E-state index contributed by atoms with van der Waals surface area (Å²) in [7, 11) is 1.67. The van der Waals surface area contributed by atoms with E-state index < -0.39 is 6.10 Å². The summed E-state index contributed by atoms with van der Waals surface area (Å²) in [4.78, 5) is 13.8. The van der Waals surface area contributed by atoms with Crippen molar-refractivity contribution in [1.29, 1.82) is 5.26 Å². The highest BCUT2D eigenvalue weighted by Crippen LogP contribution is 2.19. The Hall–Kier alpha value is -2.81. The largest absolute Gasteiger partial charge is 0.480 e. The van der Waals surface area contributed by atoms with Crippen LogP contribution in [0.3, 0.4) is 0 Å². The Kier molecular flexibility index (Phi) is 4.79. The smallest absolute Gasteiger partial charge is 0.263 e. The highest BCUT2D eigenvalue weighted by atomic mass is 16.5. The number of amides is 1. The Morgan fingerprint density at radius 1 is 1.50 bits per heavy atom. The van der Waals surface area contributed by atoms with Crippen LogP contribution in [0.4, 0.5) is 0 Å². The lowest BCUT2D eigenvalue weighted by Gasteiger charge is -2.21. The van der Waals surface area contributed by atoms with Gasteiger partial charge in [0.1, 0.15) is 23.3 Å². The molecule has 0 spiro atoms. The third kappa shape index (κ3) is 3.64. The minimum absolute atomic E-state index is 0.201. The van der Waals surface area contributed by atoms with E-state index in [0.717, 1.165) is 0 Å². The molecule has 0 fully saturated rings. The van der Waals surface area contributed by atoms with Crippen molar-refractivity contribution in [2.24, 2.45) is 0 Å². The van der Waals surface area contributed by atoms with Gasteiger partial charge in [0.2, 0.25) is 0 Å². The number of hydrogen-bond acceptors (Lipinski definition) is 5. The number of aromatic nitrogens is 1. The van der Waals surface area contributed by atoms with Crippen molar-refractivity contribution in [1.82, 2.24) is 10.1 Å². The van der Waals surface area contributed by atoms with Crippen LogP contribution < -0.4 is 4.74 Å². The van der Waals surface area contributed by atoms with Crippen LogP contribution in [-0.4, -0.2) is 29.1 Å². The van der Waals surface area contributed by atoms with Gasteiger partial charge < -0.3 is 14.2 Å². The number of carbonyl (C=O) groups is 1. The molecule has 0 radical (unpaired) electrons. The van der Waals surface area contributed by atoms with E-state index in [1.54, 1.807) is 51.2 Å². The van der Waals surface area contributed by atoms with E-state index in [4.69, 9.17) is 14.5 Å². The Labute approximate surface area is 128 Å². The number of rotatable bonds is 5. The molecule has 0 aliphatic heterocycles. The highest BCUT2D eigenvalue weighted by molar-refractivity contribution is 5.80. The molecule has 6 heteroatoms. The van der Waals surface area contributed by atoms with Gasteiger partial charge in [-0.25, -0.2) is 0 Å². The van der Waals surface area contributed by atoms with E-state index in [9.17, 15) is 4.79 Å². The molecule has 0 unspecified atom stereocenters. The van der Waals surface area contributed by atoms with Crippen LogP contribution in [0.25, 0.3) is 0 Å². The minimum Gasteiger partial charge on any atom is -0.480 e. The Morgan fingerprint density at radius 2 is 2.23 bits per heavy atom. The second-order valence-corrected chi connectivity index (χ2v) is 4.99. The Bertz CT molecular complexity index is 703. The van der Waals surface area contributed by atoms with E-state index in [0.29, 0.717) is 29.3 Å². The second-order valence-electron chi connectivity index (χ2n) is 4.99. The summed E-state index contributed by atoms with van der Waals surface area (Å²) < 4.78 is 10.6. The molecular formula is C16H17N3O3. The monoisotopic (exact) mass is 299 g/mol. The summed E-state index contributed by atoms with van der Waals surface area (Å²) in [6, 6.07) is 10.6. The van der Waals surface area contributed by atoms with Crippen molar-refractivity contribution in [2.45, 2.75) is 26.5 Å². The third-order valence-corrected chi connectivity index (χ3v) is 3.11. The van der Waals surface area contributed by atoms with E-state index in [2.05, 4.69) is 5.16 Å². The molecule has 1 aromatic heterocycles. The van der Waals surface area contributed by atoms with Gasteiger partial charge in [-0.1, -0.05) is 17.3 Å². The van der Waals surface area contributed by atoms with Crippen molar-refractivity contribution in [3.05, 3.63) is 47.3 Å². The Balaban J connectivity index is 2.01. The topological polar surface area (TPSA) is 79.4 Å². The molecule has 22 heavy (non-hydrogen) atoms. The van der Waals surface area contributed by atoms with Crippen LogP contribution in [0, 0.1) is 18.3 Å². The van der Waals surface area contributed by atoms with Crippen LogP contribution >= 0.6 is 0 Å². The predicted octanol–water partition coefficient (Wildman–Crippen LogP) is 2.28. The number of carbonyl (C=O) groups excluding carboxylic acids is 1. The van der Waals surface area contributed by atoms with Gasteiger partial charge in [-0.3, -0.25) is 4.79 Å². The van der Waals surface area contributed by atoms with Crippen LogP contribution in [-0.2, 0) is 11.3 Å². The SMILES string of the molecule is Cc1cc(CN(C)C(=O)[C@H](C)Oc2ccccc2C#N)no1. The molecule has 0 aliphatic rings. The fourth-order valence-corrected chi connectivity index (χ4v) is 2.03. The number of benzene rings is 1. The van der Waals surface area contributed by atoms with Crippen LogP contribution in [0.2, 0.25) is 0 Å². The maximum atomic E-state index is 12.3. The number of aryl methyl sites for hydroxylation is 1. The van der Waals surface area contributed by atoms with Gasteiger partial charge in [0, 0.05) is 13.1 Å². The molecule has 0 saturated heterocycles. The molecule has 0 bridgehead atoms. The molecule has 0 N–H and O–H groups in total. The highest BCUT2D eigenvalue weighted by Gasteiger charge is 2.21. The number of nitriles is 1. The molecular weight excluding hydrogens is 282 g/mol. The first-order valence-corrected chi connectivity index (χ1v) is 6.84. The van der Waals surface area contributed by atoms with Crippen molar-refractivity contribution in [2.75, 3.05) is 7.05 Å². The number of para-hydroxylation sites is 1. The predicted molar refractivity (Wildman–Crippen MR) is 79.0 cm³/mol. The molecule has 114 valence electrons. The van der Waals surface area contributed by atoms with E-state index in [-0.39, 0.29) is 5.91 Å². The number of nitrogens with zero attached hydrogens (tertiary/aromatic N) is 3. The molecule has 1 aromatic carbocycles. The van der Waals surface area contributed by atoms with E-state index in [1.165, 1.54) is 4.90 Å². The van der Waals surface area contributed by atoms with Crippen LogP contribution in [0.1, 0.15) is 23.9 Å². The van der Waals surface area contributed by atoms with Gasteiger partial charge in [-0.15, -0.1) is 0 Å². The molecule has 0 aliphatic carbocycles. The van der Waals surface area contributed by atoms with Crippen molar-refractivity contribution >= 4 is 5.91 Å². The van der Waals surface area contributed by atoms with Gasteiger partial charge in [0.05, 0.1) is 12.1 Å². The lowest BCUT2D eigenvalue weighted by molar-refractivity contribution is -0.137. The number of hydrogen-bond donors (Lipinski definition) is 0. The standard InChI is InChI=1S/C16H17N3O3/c1-11-8-14(18-22-11)10-19(3)16(20)12(2)21-15-7-5-4-6-13(15)9-17/h4-8,12H,10H2,1-3H3/t12-/m0/s1. The normalized spacial score (nSPS) is 11.5. The summed E-state index contributed by atoms with van der Waals surface area (Å²) in [5.74, 6) is 0.896. The Morgan fingerprint density at radius 3 is 2.86 bits per heavy atom. The average molecular weight is 299 g/mol. The van der Waals surface area contributed by atoms with Gasteiger partial charge >= 0.3 is 0 Å². The first-order valence-electron chi connectivity index (χ1n) is 6.84. The van der Waals surface area contributed by atoms with E-state index >= 15 is 0 Å². The molecule has 0 saturated carbocycles. The molecule has 1 amide bonds. The zero-order chi connectivity index (χ0) is 16.1. The lowest BCUT2D eigenvalue weighted by atomic mass is 10.2. The summed E-state index contributed by atoms with van der Waals surface area (Å²) in [5.41, 5.74) is 1.08. The zero-order valence-electron chi connectivity index (χ0n) is 12.7. The second kappa shape index (κ2) is 6.76. The minimum atomic E-state index is -0.701. The average Bonchev–Trinajstić information content (AvgIpc) is 2.92. The van der Waals surface area contributed by atoms with Gasteiger partial charge in [0.15, 0.2) is 6.10 Å².